The van der Waals surface area contributed by atoms with Crippen LogP contribution in [0.15, 0.2) is 29.8 Å². The highest BCUT2D eigenvalue weighted by molar-refractivity contribution is 5.86. The van der Waals surface area contributed by atoms with Gasteiger partial charge >= 0.3 is 0 Å². The van der Waals surface area contributed by atoms with Crippen LogP contribution in [0.4, 0.5) is 0 Å². The summed E-state index contributed by atoms with van der Waals surface area (Å²) >= 11 is 0. The number of aromatic hydroxyl groups is 1. The average molecular weight is 310 g/mol. The van der Waals surface area contributed by atoms with Crippen LogP contribution >= 0.6 is 0 Å². The number of hydrogen-bond donors (Lipinski definition) is 3. The maximum atomic E-state index is 9.99. The minimum absolute atomic E-state index is 0.263. The molecule has 0 radical (unpaired) electrons. The Kier molecular flexibility index (Phi) is 2.74. The molecule has 120 valence electrons. The normalized spacial score (nSPS) is 36.6. The van der Waals surface area contributed by atoms with Crippen LogP contribution in [-0.4, -0.2) is 39.3 Å². The largest absolute Gasteiger partial charge is 0.508 e. The van der Waals surface area contributed by atoms with Crippen molar-refractivity contribution in [2.24, 2.45) is 11.8 Å². The van der Waals surface area contributed by atoms with Gasteiger partial charge in [-0.2, -0.15) is 0 Å². The summed E-state index contributed by atoms with van der Waals surface area (Å²) in [4.78, 5) is 6.21. The molecule has 3 N–H and O–H groups in total. The minimum Gasteiger partial charge on any atom is -0.508 e. The Bertz CT molecular complexity index is 822. The molecule has 2 aromatic rings. The molecule has 5 atom stereocenters. The van der Waals surface area contributed by atoms with Gasteiger partial charge in [0.15, 0.2) is 0 Å². The van der Waals surface area contributed by atoms with E-state index in [0.717, 1.165) is 30.3 Å². The maximum Gasteiger partial charge on any atom is 0.116 e. The molecule has 0 spiro atoms. The lowest BCUT2D eigenvalue weighted by Gasteiger charge is -2.58. The predicted molar refractivity (Wildman–Crippen MR) is 89.3 cm³/mol. The molecule has 4 nitrogen and oxygen atoms in total. The summed E-state index contributed by atoms with van der Waals surface area (Å²) in [7, 11) is 0. The third kappa shape index (κ3) is 1.68. The van der Waals surface area contributed by atoms with Crippen molar-refractivity contribution >= 4 is 10.9 Å². The molecule has 6 rings (SSSR count). The first-order valence-electron chi connectivity index (χ1n) is 8.56. The zero-order valence-electron chi connectivity index (χ0n) is 13.3. The van der Waals surface area contributed by atoms with Crippen molar-refractivity contribution in [3.05, 3.63) is 41.1 Å². The van der Waals surface area contributed by atoms with Gasteiger partial charge in [-0.3, -0.25) is 4.90 Å². The second kappa shape index (κ2) is 4.62. The van der Waals surface area contributed by atoms with E-state index in [-0.39, 0.29) is 6.61 Å². The van der Waals surface area contributed by atoms with Gasteiger partial charge in [0.2, 0.25) is 0 Å². The van der Waals surface area contributed by atoms with Crippen LogP contribution in [0.25, 0.3) is 10.9 Å². The molecule has 4 aliphatic heterocycles. The molecular formula is C19H22N2O2. The number of benzene rings is 1. The second-order valence-electron chi connectivity index (χ2n) is 7.26. The van der Waals surface area contributed by atoms with E-state index in [9.17, 15) is 10.2 Å². The smallest absolute Gasteiger partial charge is 0.116 e. The standard InChI is InChI=1S/C19H22N2O2/c1-2-10-8-21-17-7-14-13-5-11(23)3-4-16(13)20-19(14)18(21)6-12(10)15(17)9-22/h2-5,12,15,17-18,20,22-23H,6-9H2,1H3/t12?,15?,17?,18-/m0/s1. The Morgan fingerprint density at radius 2 is 2.26 bits per heavy atom. The fourth-order valence-corrected chi connectivity index (χ4v) is 5.35. The van der Waals surface area contributed by atoms with Crippen molar-refractivity contribution in [1.82, 2.24) is 9.88 Å². The van der Waals surface area contributed by atoms with Crippen molar-refractivity contribution in [3.8, 4) is 5.75 Å². The van der Waals surface area contributed by atoms with E-state index in [1.807, 2.05) is 12.1 Å². The number of allylic oxidation sites excluding steroid dienone is 1. The number of aromatic nitrogens is 1. The van der Waals surface area contributed by atoms with Crippen LogP contribution in [0.2, 0.25) is 0 Å². The van der Waals surface area contributed by atoms with Gasteiger partial charge in [-0.15, -0.1) is 0 Å². The van der Waals surface area contributed by atoms with Gasteiger partial charge in [0.1, 0.15) is 5.75 Å². The summed E-state index contributed by atoms with van der Waals surface area (Å²) < 4.78 is 0. The highest BCUT2D eigenvalue weighted by Gasteiger charge is 2.52. The third-order valence-electron chi connectivity index (χ3n) is 6.41. The molecule has 0 amide bonds. The van der Waals surface area contributed by atoms with Crippen molar-refractivity contribution in [1.29, 1.82) is 0 Å². The van der Waals surface area contributed by atoms with E-state index in [0.29, 0.717) is 29.7 Å². The molecule has 0 aliphatic carbocycles. The van der Waals surface area contributed by atoms with Crippen molar-refractivity contribution in [3.63, 3.8) is 0 Å². The fourth-order valence-electron chi connectivity index (χ4n) is 5.35. The summed E-state index contributed by atoms with van der Waals surface area (Å²) in [6, 6.07) is 6.44. The Morgan fingerprint density at radius 3 is 3.04 bits per heavy atom. The van der Waals surface area contributed by atoms with Crippen molar-refractivity contribution < 1.29 is 10.2 Å². The number of piperidine rings is 3. The lowest BCUT2D eigenvalue weighted by molar-refractivity contribution is -0.0503. The van der Waals surface area contributed by atoms with Crippen molar-refractivity contribution in [2.45, 2.75) is 31.8 Å². The first-order chi connectivity index (χ1) is 11.2. The van der Waals surface area contributed by atoms with Crippen LogP contribution in [0.3, 0.4) is 0 Å². The molecule has 3 saturated heterocycles. The van der Waals surface area contributed by atoms with Crippen LogP contribution in [0.5, 0.6) is 5.75 Å². The quantitative estimate of drug-likeness (QED) is 0.710. The summed E-state index contributed by atoms with van der Waals surface area (Å²) in [5, 5.41) is 21.0. The monoisotopic (exact) mass is 310 g/mol. The molecule has 1 aromatic heterocycles. The SMILES string of the molecule is CC=C1CN2C3Cc4c([nH]c5ccc(O)cc45)[C@@H]2CC1C3CO. The summed E-state index contributed by atoms with van der Waals surface area (Å²) in [6.07, 6.45) is 4.31. The highest BCUT2D eigenvalue weighted by atomic mass is 16.3. The van der Waals surface area contributed by atoms with Gasteiger partial charge in [-0.1, -0.05) is 11.6 Å². The number of hydrogen-bond acceptors (Lipinski definition) is 3. The van der Waals surface area contributed by atoms with Crippen LogP contribution in [0, 0.1) is 11.8 Å². The molecule has 4 aliphatic rings. The van der Waals surface area contributed by atoms with Gasteiger partial charge in [0.25, 0.3) is 0 Å². The number of rotatable bonds is 1. The number of nitrogens with one attached hydrogen (secondary N) is 1. The van der Waals surface area contributed by atoms with Gasteiger partial charge in [0, 0.05) is 41.7 Å². The third-order valence-corrected chi connectivity index (χ3v) is 6.41. The zero-order valence-corrected chi connectivity index (χ0v) is 13.3. The van der Waals surface area contributed by atoms with E-state index in [2.05, 4.69) is 22.9 Å². The predicted octanol–water partition coefficient (Wildman–Crippen LogP) is 2.73. The molecule has 23 heavy (non-hydrogen) atoms. The molecule has 5 heterocycles. The minimum atomic E-state index is 0.263. The Hall–Kier alpha value is -1.78. The van der Waals surface area contributed by atoms with Gasteiger partial charge in [-0.25, -0.2) is 0 Å². The lowest BCUT2D eigenvalue weighted by atomic mass is 9.64. The van der Waals surface area contributed by atoms with Crippen molar-refractivity contribution in [2.75, 3.05) is 13.2 Å². The summed E-state index contributed by atoms with van der Waals surface area (Å²) in [5.41, 5.74) is 5.29. The van der Waals surface area contributed by atoms with E-state index in [4.69, 9.17) is 0 Å². The fraction of sp³-hybridized carbons (Fsp3) is 0.474. The number of aromatic amines is 1. The van der Waals surface area contributed by atoms with E-state index in [1.54, 1.807) is 6.07 Å². The number of aliphatic hydroxyl groups excluding tert-OH is 1. The summed E-state index contributed by atoms with van der Waals surface area (Å²) in [5.74, 6) is 1.17. The van der Waals surface area contributed by atoms with Crippen LogP contribution in [0.1, 0.15) is 30.6 Å². The van der Waals surface area contributed by atoms with E-state index < -0.39 is 0 Å². The van der Waals surface area contributed by atoms with E-state index >= 15 is 0 Å². The lowest BCUT2D eigenvalue weighted by Crippen LogP contribution is -2.60. The number of nitrogens with zero attached hydrogens (tertiary/aromatic N) is 1. The first-order valence-corrected chi connectivity index (χ1v) is 8.56. The number of phenolic OH excluding ortho intramolecular Hbond substituents is 1. The van der Waals surface area contributed by atoms with Gasteiger partial charge in [0.05, 0.1) is 6.04 Å². The Balaban J connectivity index is 1.68. The number of aliphatic hydroxyl groups is 1. The molecule has 3 fully saturated rings. The number of H-pyrrole nitrogens is 1. The molecule has 4 heteroatoms. The highest BCUT2D eigenvalue weighted by Crippen LogP contribution is 2.54. The van der Waals surface area contributed by atoms with E-state index in [1.165, 1.54) is 16.8 Å². The Labute approximate surface area is 135 Å². The van der Waals surface area contributed by atoms with Gasteiger partial charge < -0.3 is 15.2 Å². The first kappa shape index (κ1) is 13.6. The molecule has 0 saturated carbocycles. The Morgan fingerprint density at radius 1 is 1.39 bits per heavy atom. The summed E-state index contributed by atoms with van der Waals surface area (Å²) in [6.45, 7) is 3.42. The van der Waals surface area contributed by atoms with Gasteiger partial charge in [-0.05, 0) is 49.4 Å². The van der Waals surface area contributed by atoms with Crippen LogP contribution in [-0.2, 0) is 6.42 Å². The maximum absolute atomic E-state index is 9.99. The number of phenols is 1. The molecule has 1 aromatic carbocycles. The molecule has 4 unspecified atom stereocenters. The molecule has 4 bridgehead atoms. The van der Waals surface area contributed by atoms with Crippen LogP contribution < -0.4 is 0 Å². The molecular weight excluding hydrogens is 288 g/mol. The number of fused-ring (bicyclic) bond motifs is 4. The second-order valence-corrected chi connectivity index (χ2v) is 7.26. The average Bonchev–Trinajstić information content (AvgIpc) is 2.92. The topological polar surface area (TPSA) is 59.5 Å². The zero-order chi connectivity index (χ0) is 15.7.